The Hall–Kier alpha value is -2.51. The van der Waals surface area contributed by atoms with E-state index in [1.54, 1.807) is 6.07 Å². The average Bonchev–Trinajstić information content (AvgIpc) is 3.46. The zero-order chi connectivity index (χ0) is 22.3. The van der Waals surface area contributed by atoms with Crippen LogP contribution in [-0.2, 0) is 19.6 Å². The summed E-state index contributed by atoms with van der Waals surface area (Å²) >= 11 is 0. The van der Waals surface area contributed by atoms with Crippen LogP contribution in [-0.4, -0.2) is 55.8 Å². The Kier molecular flexibility index (Phi) is 5.64. The van der Waals surface area contributed by atoms with Crippen LogP contribution in [0.2, 0.25) is 0 Å². The quantitative estimate of drug-likeness (QED) is 0.274. The van der Waals surface area contributed by atoms with Crippen molar-refractivity contribution in [2.75, 3.05) is 13.2 Å². The Bertz CT molecular complexity index is 1060. The van der Waals surface area contributed by atoms with Crippen molar-refractivity contribution in [1.29, 1.82) is 0 Å². The number of hydrogen-bond donors (Lipinski definition) is 0. The van der Waals surface area contributed by atoms with Gasteiger partial charge >= 0.3 is 17.4 Å². The summed E-state index contributed by atoms with van der Waals surface area (Å²) in [6.07, 6.45) is -10.5. The van der Waals surface area contributed by atoms with Gasteiger partial charge in [-0.15, -0.1) is 0 Å². The number of carbonyl (C=O) groups is 1. The van der Waals surface area contributed by atoms with Gasteiger partial charge in [0.05, 0.1) is 12.2 Å². The maximum absolute atomic E-state index is 13.5. The van der Waals surface area contributed by atoms with E-state index in [1.165, 1.54) is 18.2 Å². The highest BCUT2D eigenvalue weighted by Gasteiger charge is 2.63. The molecule has 13 heteroatoms. The Morgan fingerprint density at radius 3 is 2.30 bits per heavy atom. The third-order valence-electron chi connectivity index (χ3n) is 4.05. The fraction of sp³-hybridized carbons (Fsp3) is 0.353. The van der Waals surface area contributed by atoms with E-state index in [0.29, 0.717) is 29.7 Å². The second-order valence-electron chi connectivity index (χ2n) is 6.33. The summed E-state index contributed by atoms with van der Waals surface area (Å²) in [5, 5.41) is -5.05. The lowest BCUT2D eigenvalue weighted by Gasteiger charge is -2.29. The molecule has 0 spiro atoms. The standard InChI is InChI=1S/C17H13F5O7S/c18-16(19,20)15(17(21,22)30(24,25)26)29-14(23)11-2-1-10-6-12(4-3-9(10)5-11)27-7-13-8-28-13/h1-6,13,15H,7-8H2,(H,24,25,26)/p-1. The van der Waals surface area contributed by atoms with Crippen LogP contribution in [0.4, 0.5) is 22.0 Å². The van der Waals surface area contributed by atoms with Crippen molar-refractivity contribution in [1.82, 2.24) is 0 Å². The van der Waals surface area contributed by atoms with Gasteiger partial charge in [-0.25, -0.2) is 13.2 Å². The molecule has 0 aromatic heterocycles. The molecule has 2 aromatic rings. The van der Waals surface area contributed by atoms with E-state index in [4.69, 9.17) is 9.47 Å². The van der Waals surface area contributed by atoms with Crippen molar-refractivity contribution in [3.05, 3.63) is 42.0 Å². The topological polar surface area (TPSA) is 105 Å². The van der Waals surface area contributed by atoms with Gasteiger partial charge in [0.15, 0.2) is 10.1 Å². The van der Waals surface area contributed by atoms with E-state index < -0.39 is 39.2 Å². The molecule has 0 aliphatic carbocycles. The van der Waals surface area contributed by atoms with Crippen molar-refractivity contribution < 1.29 is 53.9 Å². The number of ether oxygens (including phenoxy) is 3. The van der Waals surface area contributed by atoms with Gasteiger partial charge in [-0.2, -0.15) is 22.0 Å². The van der Waals surface area contributed by atoms with Gasteiger partial charge in [-0.3, -0.25) is 0 Å². The molecule has 2 unspecified atom stereocenters. The summed E-state index contributed by atoms with van der Waals surface area (Å²) in [5.74, 6) is -1.42. The highest BCUT2D eigenvalue weighted by Crippen LogP contribution is 2.38. The molecule has 0 N–H and O–H groups in total. The van der Waals surface area contributed by atoms with Gasteiger partial charge in [0.2, 0.25) is 0 Å². The first-order chi connectivity index (χ1) is 13.8. The monoisotopic (exact) mass is 455 g/mol. The van der Waals surface area contributed by atoms with Crippen LogP contribution >= 0.6 is 0 Å². The minimum Gasteiger partial charge on any atom is -0.743 e. The average molecular weight is 455 g/mol. The summed E-state index contributed by atoms with van der Waals surface area (Å²) in [5.41, 5.74) is -0.559. The lowest BCUT2D eigenvalue weighted by molar-refractivity contribution is -0.248. The lowest BCUT2D eigenvalue weighted by Crippen LogP contribution is -2.52. The van der Waals surface area contributed by atoms with Crippen molar-refractivity contribution in [3.63, 3.8) is 0 Å². The number of fused-ring (bicyclic) bond motifs is 1. The number of epoxide rings is 1. The van der Waals surface area contributed by atoms with Crippen LogP contribution in [0.5, 0.6) is 5.75 Å². The number of hydrogen-bond acceptors (Lipinski definition) is 7. The largest absolute Gasteiger partial charge is 0.743 e. The van der Waals surface area contributed by atoms with Crippen LogP contribution in [0.3, 0.4) is 0 Å². The van der Waals surface area contributed by atoms with Crippen LogP contribution < -0.4 is 4.74 Å². The molecule has 1 fully saturated rings. The summed E-state index contributed by atoms with van der Waals surface area (Å²) in [7, 11) is -6.76. The summed E-state index contributed by atoms with van der Waals surface area (Å²) in [6.45, 7) is 0.913. The van der Waals surface area contributed by atoms with Crippen molar-refractivity contribution in [2.24, 2.45) is 0 Å². The normalized spacial score (nSPS) is 18.1. The minimum absolute atomic E-state index is 0.00971. The van der Waals surface area contributed by atoms with Gasteiger partial charge < -0.3 is 18.8 Å². The van der Waals surface area contributed by atoms with E-state index in [2.05, 4.69) is 4.74 Å². The third-order valence-corrected chi connectivity index (χ3v) is 4.93. The molecule has 0 radical (unpaired) electrons. The van der Waals surface area contributed by atoms with Gasteiger partial charge in [-0.05, 0) is 35.0 Å². The summed E-state index contributed by atoms with van der Waals surface area (Å²) in [4.78, 5) is 12.0. The highest BCUT2D eigenvalue weighted by atomic mass is 32.2. The molecule has 2 aromatic carbocycles. The van der Waals surface area contributed by atoms with E-state index in [1.807, 2.05) is 0 Å². The maximum Gasteiger partial charge on any atom is 0.432 e. The minimum atomic E-state index is -6.76. The molecule has 1 saturated heterocycles. The van der Waals surface area contributed by atoms with Crippen molar-refractivity contribution in [2.45, 2.75) is 23.6 Å². The molecule has 0 saturated carbocycles. The molecule has 0 bridgehead atoms. The van der Waals surface area contributed by atoms with Crippen LogP contribution in [0.1, 0.15) is 10.4 Å². The molecule has 164 valence electrons. The first kappa shape index (κ1) is 22.2. The fourth-order valence-corrected chi connectivity index (χ4v) is 2.87. The molecule has 2 atom stereocenters. The molecular weight excluding hydrogens is 443 g/mol. The number of halogens is 5. The molecule has 1 heterocycles. The molecule has 3 rings (SSSR count). The van der Waals surface area contributed by atoms with Gasteiger partial charge in [0.1, 0.15) is 18.5 Å². The second kappa shape index (κ2) is 7.63. The van der Waals surface area contributed by atoms with Crippen LogP contribution in [0, 0.1) is 0 Å². The molecular formula is C17H12F5O7S-. The Labute approximate surface area is 166 Å². The first-order valence-electron chi connectivity index (χ1n) is 8.18. The molecule has 0 amide bonds. The highest BCUT2D eigenvalue weighted by molar-refractivity contribution is 7.86. The summed E-state index contributed by atoms with van der Waals surface area (Å²) in [6, 6.07) is 7.91. The summed E-state index contributed by atoms with van der Waals surface area (Å²) < 4.78 is 111. The number of carbonyl (C=O) groups excluding carboxylic acids is 1. The fourth-order valence-electron chi connectivity index (χ4n) is 2.43. The second-order valence-corrected chi connectivity index (χ2v) is 7.79. The maximum atomic E-state index is 13.5. The van der Waals surface area contributed by atoms with E-state index >= 15 is 0 Å². The van der Waals surface area contributed by atoms with Crippen LogP contribution in [0.15, 0.2) is 36.4 Å². The van der Waals surface area contributed by atoms with Gasteiger partial charge in [0, 0.05) is 0 Å². The SMILES string of the molecule is O=C(OC(C(F)(F)F)C(F)(F)S(=O)(=O)[O-])c1ccc2cc(OCC3CO3)ccc2c1. The van der Waals surface area contributed by atoms with Crippen molar-refractivity contribution in [3.8, 4) is 5.75 Å². The number of esters is 1. The van der Waals surface area contributed by atoms with Crippen molar-refractivity contribution >= 4 is 26.9 Å². The first-order valence-corrected chi connectivity index (χ1v) is 9.59. The smallest absolute Gasteiger partial charge is 0.432 e. The Morgan fingerprint density at radius 1 is 1.13 bits per heavy atom. The zero-order valence-corrected chi connectivity index (χ0v) is 15.5. The van der Waals surface area contributed by atoms with Gasteiger partial charge in [-0.1, -0.05) is 12.1 Å². The number of benzene rings is 2. The number of rotatable bonds is 7. The molecule has 7 nitrogen and oxygen atoms in total. The van der Waals surface area contributed by atoms with E-state index in [9.17, 15) is 39.7 Å². The van der Waals surface area contributed by atoms with Crippen LogP contribution in [0.25, 0.3) is 10.8 Å². The van der Waals surface area contributed by atoms with Gasteiger partial charge in [0.25, 0.3) is 6.10 Å². The Balaban J connectivity index is 1.82. The molecule has 30 heavy (non-hydrogen) atoms. The van der Waals surface area contributed by atoms with E-state index in [0.717, 1.165) is 12.1 Å². The predicted molar refractivity (Wildman–Crippen MR) is 89.1 cm³/mol. The Morgan fingerprint density at radius 2 is 1.73 bits per heavy atom. The zero-order valence-electron chi connectivity index (χ0n) is 14.7. The lowest BCUT2D eigenvalue weighted by atomic mass is 10.1. The third kappa shape index (κ3) is 4.79. The predicted octanol–water partition coefficient (Wildman–Crippen LogP) is 2.84. The van der Waals surface area contributed by atoms with E-state index in [-0.39, 0.29) is 6.10 Å². The number of alkyl halides is 5. The molecule has 1 aliphatic rings. The molecule has 1 aliphatic heterocycles.